The number of nitrogens with one attached hydrogen (secondary N) is 1. The number of halogens is 1. The molecule has 3 heteroatoms. The SMILES string of the molecule is CCCOCCNC(C)(C)CCCl. The number of hydrogen-bond donors (Lipinski definition) is 1. The van der Waals surface area contributed by atoms with Gasteiger partial charge in [0.2, 0.25) is 0 Å². The quantitative estimate of drug-likeness (QED) is 0.488. The van der Waals surface area contributed by atoms with Gasteiger partial charge in [0.25, 0.3) is 0 Å². The Kier molecular flexibility index (Phi) is 7.72. The number of ether oxygens (including phenoxy) is 1. The van der Waals surface area contributed by atoms with Gasteiger partial charge in [0.05, 0.1) is 6.61 Å². The zero-order valence-electron chi connectivity index (χ0n) is 9.03. The summed E-state index contributed by atoms with van der Waals surface area (Å²) in [5, 5.41) is 3.41. The minimum atomic E-state index is 0.136. The molecule has 0 spiro atoms. The van der Waals surface area contributed by atoms with Crippen LogP contribution in [0.3, 0.4) is 0 Å². The zero-order chi connectivity index (χ0) is 10.2. The summed E-state index contributed by atoms with van der Waals surface area (Å²) < 4.78 is 5.36. The van der Waals surface area contributed by atoms with E-state index in [1.807, 2.05) is 0 Å². The standard InChI is InChI=1S/C10H22ClNO/c1-4-8-13-9-7-12-10(2,3)5-6-11/h12H,4-9H2,1-3H3. The Hall–Kier alpha value is 0.210. The van der Waals surface area contributed by atoms with Gasteiger partial charge in [-0.15, -0.1) is 11.6 Å². The van der Waals surface area contributed by atoms with Crippen molar-refractivity contribution in [3.63, 3.8) is 0 Å². The minimum absolute atomic E-state index is 0.136. The van der Waals surface area contributed by atoms with E-state index in [1.165, 1.54) is 0 Å². The summed E-state index contributed by atoms with van der Waals surface area (Å²) in [6.07, 6.45) is 2.08. The van der Waals surface area contributed by atoms with Gasteiger partial charge < -0.3 is 10.1 Å². The van der Waals surface area contributed by atoms with Crippen LogP contribution in [-0.2, 0) is 4.74 Å². The highest BCUT2D eigenvalue weighted by molar-refractivity contribution is 6.17. The summed E-state index contributed by atoms with van der Waals surface area (Å²) in [5.74, 6) is 0.704. The predicted molar refractivity (Wildman–Crippen MR) is 58.5 cm³/mol. The highest BCUT2D eigenvalue weighted by atomic mass is 35.5. The van der Waals surface area contributed by atoms with Gasteiger partial charge in [-0.1, -0.05) is 6.92 Å². The summed E-state index contributed by atoms with van der Waals surface area (Å²) in [6.45, 7) is 9.00. The molecule has 0 rings (SSSR count). The van der Waals surface area contributed by atoms with Crippen molar-refractivity contribution in [2.75, 3.05) is 25.6 Å². The lowest BCUT2D eigenvalue weighted by molar-refractivity contribution is 0.130. The molecule has 0 amide bonds. The van der Waals surface area contributed by atoms with Gasteiger partial charge >= 0.3 is 0 Å². The molecule has 0 saturated carbocycles. The Balaban J connectivity index is 3.29. The van der Waals surface area contributed by atoms with E-state index in [1.54, 1.807) is 0 Å². The lowest BCUT2D eigenvalue weighted by atomic mass is 10.0. The van der Waals surface area contributed by atoms with Crippen molar-refractivity contribution in [3.05, 3.63) is 0 Å². The molecule has 0 heterocycles. The van der Waals surface area contributed by atoms with E-state index < -0.39 is 0 Å². The fourth-order valence-corrected chi connectivity index (χ4v) is 1.51. The van der Waals surface area contributed by atoms with Crippen molar-refractivity contribution in [2.24, 2.45) is 0 Å². The van der Waals surface area contributed by atoms with Crippen molar-refractivity contribution < 1.29 is 4.74 Å². The molecule has 0 radical (unpaired) electrons. The molecule has 0 aliphatic carbocycles. The maximum atomic E-state index is 5.68. The Morgan fingerprint density at radius 2 is 2.00 bits per heavy atom. The maximum absolute atomic E-state index is 5.68. The van der Waals surface area contributed by atoms with Crippen LogP contribution in [0.2, 0.25) is 0 Å². The zero-order valence-corrected chi connectivity index (χ0v) is 9.78. The number of rotatable bonds is 8. The van der Waals surface area contributed by atoms with Gasteiger partial charge in [-0.05, 0) is 26.7 Å². The first-order chi connectivity index (χ1) is 6.12. The van der Waals surface area contributed by atoms with Crippen LogP contribution in [0.25, 0.3) is 0 Å². The third kappa shape index (κ3) is 8.54. The van der Waals surface area contributed by atoms with E-state index in [-0.39, 0.29) is 5.54 Å². The molecule has 0 aliphatic heterocycles. The highest BCUT2D eigenvalue weighted by Gasteiger charge is 2.14. The smallest absolute Gasteiger partial charge is 0.0591 e. The molecule has 1 N–H and O–H groups in total. The average molecular weight is 208 g/mol. The molecule has 13 heavy (non-hydrogen) atoms. The highest BCUT2D eigenvalue weighted by Crippen LogP contribution is 2.08. The summed E-state index contributed by atoms with van der Waals surface area (Å²) in [5.41, 5.74) is 0.136. The van der Waals surface area contributed by atoms with Crippen LogP contribution in [0.15, 0.2) is 0 Å². The molecule has 0 atom stereocenters. The lowest BCUT2D eigenvalue weighted by Gasteiger charge is -2.25. The monoisotopic (exact) mass is 207 g/mol. The molecule has 0 bridgehead atoms. The largest absolute Gasteiger partial charge is 0.380 e. The summed E-state index contributed by atoms with van der Waals surface area (Å²) in [4.78, 5) is 0. The fourth-order valence-electron chi connectivity index (χ4n) is 1.03. The topological polar surface area (TPSA) is 21.3 Å². The van der Waals surface area contributed by atoms with Crippen LogP contribution in [0.4, 0.5) is 0 Å². The molecule has 0 aliphatic rings. The third-order valence-corrected chi connectivity index (χ3v) is 2.11. The van der Waals surface area contributed by atoms with Crippen molar-refractivity contribution in [3.8, 4) is 0 Å². The first kappa shape index (κ1) is 13.2. The van der Waals surface area contributed by atoms with Crippen LogP contribution in [0.5, 0.6) is 0 Å². The Morgan fingerprint density at radius 1 is 1.31 bits per heavy atom. The van der Waals surface area contributed by atoms with Gasteiger partial charge in [0.1, 0.15) is 0 Å². The number of alkyl halides is 1. The van der Waals surface area contributed by atoms with E-state index in [0.717, 1.165) is 32.6 Å². The molecule has 0 aromatic heterocycles. The Morgan fingerprint density at radius 3 is 2.54 bits per heavy atom. The first-order valence-corrected chi connectivity index (χ1v) is 5.54. The van der Waals surface area contributed by atoms with Crippen molar-refractivity contribution >= 4 is 11.6 Å². The van der Waals surface area contributed by atoms with E-state index in [9.17, 15) is 0 Å². The lowest BCUT2D eigenvalue weighted by Crippen LogP contribution is -2.41. The van der Waals surface area contributed by atoms with E-state index in [2.05, 4.69) is 26.1 Å². The number of hydrogen-bond acceptors (Lipinski definition) is 2. The average Bonchev–Trinajstić information content (AvgIpc) is 2.04. The molecule has 0 aromatic rings. The van der Waals surface area contributed by atoms with E-state index >= 15 is 0 Å². The molecular formula is C10H22ClNO. The molecule has 0 unspecified atom stereocenters. The maximum Gasteiger partial charge on any atom is 0.0591 e. The van der Waals surface area contributed by atoms with E-state index in [0.29, 0.717) is 5.88 Å². The molecule has 0 saturated heterocycles. The van der Waals surface area contributed by atoms with Crippen LogP contribution in [-0.4, -0.2) is 31.2 Å². The minimum Gasteiger partial charge on any atom is -0.380 e. The van der Waals surface area contributed by atoms with Gasteiger partial charge in [0, 0.05) is 24.6 Å². The van der Waals surface area contributed by atoms with Crippen LogP contribution in [0, 0.1) is 0 Å². The second kappa shape index (κ2) is 7.60. The molecule has 0 aromatic carbocycles. The van der Waals surface area contributed by atoms with Gasteiger partial charge in [0.15, 0.2) is 0 Å². The van der Waals surface area contributed by atoms with Crippen molar-refractivity contribution in [2.45, 2.75) is 39.2 Å². The first-order valence-electron chi connectivity index (χ1n) is 5.01. The molecule has 80 valence electrons. The van der Waals surface area contributed by atoms with E-state index in [4.69, 9.17) is 16.3 Å². The van der Waals surface area contributed by atoms with Crippen LogP contribution >= 0.6 is 11.6 Å². The second-order valence-electron chi connectivity index (χ2n) is 3.86. The van der Waals surface area contributed by atoms with Gasteiger partial charge in [-0.25, -0.2) is 0 Å². The predicted octanol–water partition coefficient (Wildman–Crippen LogP) is 2.41. The summed E-state index contributed by atoms with van der Waals surface area (Å²) in [7, 11) is 0. The normalized spacial score (nSPS) is 12.0. The van der Waals surface area contributed by atoms with Crippen LogP contribution < -0.4 is 5.32 Å². The van der Waals surface area contributed by atoms with Crippen LogP contribution in [0.1, 0.15) is 33.6 Å². The van der Waals surface area contributed by atoms with Crippen molar-refractivity contribution in [1.29, 1.82) is 0 Å². The van der Waals surface area contributed by atoms with Crippen molar-refractivity contribution in [1.82, 2.24) is 5.32 Å². The second-order valence-corrected chi connectivity index (χ2v) is 4.24. The Labute approximate surface area is 87.0 Å². The molecule has 2 nitrogen and oxygen atoms in total. The summed E-state index contributed by atoms with van der Waals surface area (Å²) in [6, 6.07) is 0. The Bertz CT molecular complexity index is 117. The third-order valence-electron chi connectivity index (χ3n) is 1.92. The molecule has 0 fully saturated rings. The molecular weight excluding hydrogens is 186 g/mol. The fraction of sp³-hybridized carbons (Fsp3) is 1.00. The summed E-state index contributed by atoms with van der Waals surface area (Å²) >= 11 is 5.68. The van der Waals surface area contributed by atoms with Gasteiger partial charge in [-0.3, -0.25) is 0 Å². The van der Waals surface area contributed by atoms with Gasteiger partial charge in [-0.2, -0.15) is 0 Å².